The zero-order chi connectivity index (χ0) is 11.1. The molecule has 1 aromatic rings. The Morgan fingerprint density at radius 3 is 2.73 bits per heavy atom. The molecular formula is C10H12FNO2S. The van der Waals surface area contributed by atoms with E-state index in [-0.39, 0.29) is 10.6 Å². The number of hydrogen-bond acceptors (Lipinski definition) is 3. The molecule has 1 aliphatic rings. The first-order valence-electron chi connectivity index (χ1n) is 4.93. The third-order valence-electron chi connectivity index (χ3n) is 2.59. The number of aromatic nitrogens is 1. The fraction of sp³-hybridized carbons (Fsp3) is 0.500. The molecule has 15 heavy (non-hydrogen) atoms. The van der Waals surface area contributed by atoms with Crippen LogP contribution in [0, 0.1) is 5.95 Å². The predicted molar refractivity (Wildman–Crippen MR) is 53.9 cm³/mol. The molecule has 1 fully saturated rings. The summed E-state index contributed by atoms with van der Waals surface area (Å²) in [5.41, 5.74) is 0.837. The highest BCUT2D eigenvalue weighted by atomic mass is 32.2. The van der Waals surface area contributed by atoms with Crippen LogP contribution < -0.4 is 0 Å². The van der Waals surface area contributed by atoms with Crippen molar-refractivity contribution in [3.05, 3.63) is 23.8 Å². The summed E-state index contributed by atoms with van der Waals surface area (Å²) in [5, 5.41) is 0. The van der Waals surface area contributed by atoms with Crippen molar-refractivity contribution in [3.8, 4) is 0 Å². The maximum atomic E-state index is 13.2. The summed E-state index contributed by atoms with van der Waals surface area (Å²) in [5.74, 6) is -0.607. The molecule has 0 N–H and O–H groups in total. The van der Waals surface area contributed by atoms with Crippen molar-refractivity contribution in [2.45, 2.75) is 30.6 Å². The lowest BCUT2D eigenvalue weighted by Gasteiger charge is -2.04. The maximum Gasteiger partial charge on any atom is 0.231 e. The molecule has 1 aromatic heterocycles. The van der Waals surface area contributed by atoms with E-state index in [0.29, 0.717) is 5.92 Å². The summed E-state index contributed by atoms with van der Waals surface area (Å²) >= 11 is 0. The van der Waals surface area contributed by atoms with Crippen LogP contribution in [0.1, 0.15) is 31.2 Å². The van der Waals surface area contributed by atoms with Gasteiger partial charge in [-0.3, -0.25) is 0 Å². The molecule has 82 valence electrons. The SMILES string of the molecule is CCS(=O)(=O)c1cc(C2CC2)cnc1F. The van der Waals surface area contributed by atoms with Crippen LogP contribution in [0.4, 0.5) is 4.39 Å². The second-order valence-electron chi connectivity index (χ2n) is 3.74. The standard InChI is InChI=1S/C10H12FNO2S/c1-2-15(13,14)9-5-8(7-3-4-7)6-12-10(9)11/h5-7H,2-4H2,1H3. The number of halogens is 1. The van der Waals surface area contributed by atoms with Gasteiger partial charge in [0.25, 0.3) is 0 Å². The van der Waals surface area contributed by atoms with E-state index in [0.717, 1.165) is 18.4 Å². The van der Waals surface area contributed by atoms with Crippen LogP contribution in [0.5, 0.6) is 0 Å². The molecule has 0 bridgehead atoms. The highest BCUT2D eigenvalue weighted by Gasteiger charge is 2.27. The molecule has 1 saturated carbocycles. The number of nitrogens with zero attached hydrogens (tertiary/aromatic N) is 1. The minimum atomic E-state index is -3.49. The molecule has 3 nitrogen and oxygen atoms in total. The molecule has 0 radical (unpaired) electrons. The molecule has 2 rings (SSSR count). The largest absolute Gasteiger partial charge is 0.231 e. The fourth-order valence-electron chi connectivity index (χ4n) is 1.46. The predicted octanol–water partition coefficient (Wildman–Crippen LogP) is 1.89. The molecule has 0 spiro atoms. The Morgan fingerprint density at radius 1 is 1.53 bits per heavy atom. The van der Waals surface area contributed by atoms with Crippen LogP contribution in [0.15, 0.2) is 17.2 Å². The Hall–Kier alpha value is -0.970. The van der Waals surface area contributed by atoms with Crippen LogP contribution in [-0.4, -0.2) is 19.2 Å². The van der Waals surface area contributed by atoms with Gasteiger partial charge in [-0.25, -0.2) is 13.4 Å². The van der Waals surface area contributed by atoms with E-state index in [1.54, 1.807) is 0 Å². The number of rotatable bonds is 3. The van der Waals surface area contributed by atoms with Crippen molar-refractivity contribution in [2.75, 3.05) is 5.75 Å². The molecule has 1 heterocycles. The zero-order valence-corrected chi connectivity index (χ0v) is 9.22. The first kappa shape index (κ1) is 10.5. The number of sulfone groups is 1. The van der Waals surface area contributed by atoms with Gasteiger partial charge in [0, 0.05) is 6.20 Å². The molecule has 5 heteroatoms. The van der Waals surface area contributed by atoms with Gasteiger partial charge in [0.2, 0.25) is 5.95 Å². The summed E-state index contributed by atoms with van der Waals surface area (Å²) in [6, 6.07) is 1.43. The number of pyridine rings is 1. The monoisotopic (exact) mass is 229 g/mol. The van der Waals surface area contributed by atoms with Gasteiger partial charge in [-0.2, -0.15) is 4.39 Å². The van der Waals surface area contributed by atoms with Gasteiger partial charge in [-0.1, -0.05) is 6.92 Å². The Labute approximate surface area is 88.3 Å². The molecular weight excluding hydrogens is 217 g/mol. The van der Waals surface area contributed by atoms with Crippen molar-refractivity contribution in [3.63, 3.8) is 0 Å². The summed E-state index contributed by atoms with van der Waals surface area (Å²) in [6.45, 7) is 1.50. The quantitative estimate of drug-likeness (QED) is 0.744. The molecule has 1 aliphatic carbocycles. The van der Waals surface area contributed by atoms with E-state index in [1.165, 1.54) is 19.2 Å². The summed E-state index contributed by atoms with van der Waals surface area (Å²) < 4.78 is 36.3. The lowest BCUT2D eigenvalue weighted by atomic mass is 10.2. The molecule has 0 aliphatic heterocycles. The average molecular weight is 229 g/mol. The Balaban J connectivity index is 2.49. The fourth-order valence-corrected chi connectivity index (χ4v) is 2.39. The lowest BCUT2D eigenvalue weighted by Crippen LogP contribution is -2.08. The maximum absolute atomic E-state index is 13.2. The first-order chi connectivity index (χ1) is 7.04. The second-order valence-corrected chi connectivity index (χ2v) is 5.98. The van der Waals surface area contributed by atoms with E-state index in [2.05, 4.69) is 4.98 Å². The highest BCUT2D eigenvalue weighted by molar-refractivity contribution is 7.91. The van der Waals surface area contributed by atoms with Gasteiger partial charge in [-0.05, 0) is 30.4 Å². The topological polar surface area (TPSA) is 47.0 Å². The third-order valence-corrected chi connectivity index (χ3v) is 4.31. The van der Waals surface area contributed by atoms with Gasteiger partial charge in [0.15, 0.2) is 9.84 Å². The normalized spacial score (nSPS) is 16.7. The van der Waals surface area contributed by atoms with Crippen LogP contribution >= 0.6 is 0 Å². The second kappa shape index (κ2) is 3.56. The summed E-state index contributed by atoms with van der Waals surface area (Å²) in [4.78, 5) is 3.25. The van der Waals surface area contributed by atoms with E-state index >= 15 is 0 Å². The van der Waals surface area contributed by atoms with Crippen molar-refractivity contribution in [1.29, 1.82) is 0 Å². The minimum absolute atomic E-state index is 0.0975. The van der Waals surface area contributed by atoms with Crippen molar-refractivity contribution >= 4 is 9.84 Å². The van der Waals surface area contributed by atoms with E-state index in [9.17, 15) is 12.8 Å². The zero-order valence-electron chi connectivity index (χ0n) is 8.40. The van der Waals surface area contributed by atoms with E-state index < -0.39 is 15.8 Å². The van der Waals surface area contributed by atoms with Crippen LogP contribution in [0.3, 0.4) is 0 Å². The third kappa shape index (κ3) is 2.02. The molecule has 0 aromatic carbocycles. The number of hydrogen-bond donors (Lipinski definition) is 0. The van der Waals surface area contributed by atoms with Gasteiger partial charge >= 0.3 is 0 Å². The van der Waals surface area contributed by atoms with Crippen LogP contribution in [-0.2, 0) is 9.84 Å². The molecule has 0 unspecified atom stereocenters. The molecule has 0 atom stereocenters. The first-order valence-corrected chi connectivity index (χ1v) is 6.58. The molecule has 0 saturated heterocycles. The van der Waals surface area contributed by atoms with Crippen molar-refractivity contribution in [2.24, 2.45) is 0 Å². The summed E-state index contributed by atoms with van der Waals surface area (Å²) in [7, 11) is -3.49. The van der Waals surface area contributed by atoms with Crippen LogP contribution in [0.25, 0.3) is 0 Å². The summed E-state index contributed by atoms with van der Waals surface area (Å²) in [6.07, 6.45) is 3.51. The van der Waals surface area contributed by atoms with Gasteiger partial charge in [-0.15, -0.1) is 0 Å². The molecule has 0 amide bonds. The minimum Gasteiger partial charge on any atom is -0.227 e. The Morgan fingerprint density at radius 2 is 2.20 bits per heavy atom. The van der Waals surface area contributed by atoms with Crippen molar-refractivity contribution in [1.82, 2.24) is 4.98 Å². The van der Waals surface area contributed by atoms with Gasteiger partial charge in [0.05, 0.1) is 5.75 Å². The van der Waals surface area contributed by atoms with Crippen molar-refractivity contribution < 1.29 is 12.8 Å². The smallest absolute Gasteiger partial charge is 0.227 e. The van der Waals surface area contributed by atoms with Gasteiger partial charge < -0.3 is 0 Å². The Bertz CT molecular complexity index is 480. The Kier molecular flexibility index (Phi) is 2.50. The van der Waals surface area contributed by atoms with Gasteiger partial charge in [0.1, 0.15) is 4.90 Å². The lowest BCUT2D eigenvalue weighted by molar-refractivity contribution is 0.537. The average Bonchev–Trinajstić information content (AvgIpc) is 3.02. The van der Waals surface area contributed by atoms with E-state index in [4.69, 9.17) is 0 Å². The highest BCUT2D eigenvalue weighted by Crippen LogP contribution is 2.40. The van der Waals surface area contributed by atoms with E-state index in [1.807, 2.05) is 0 Å². The van der Waals surface area contributed by atoms with Crippen LogP contribution in [0.2, 0.25) is 0 Å².